The Bertz CT molecular complexity index is 606. The third-order valence-electron chi connectivity index (χ3n) is 3.22. The zero-order chi connectivity index (χ0) is 15.6. The van der Waals surface area contributed by atoms with E-state index in [-0.39, 0.29) is 13.2 Å². The van der Waals surface area contributed by atoms with E-state index in [1.807, 2.05) is 0 Å². The molecule has 112 valence electrons. The summed E-state index contributed by atoms with van der Waals surface area (Å²) in [5.41, 5.74) is -0.405. The van der Waals surface area contributed by atoms with Gasteiger partial charge in [-0.25, -0.2) is 0 Å². The van der Waals surface area contributed by atoms with Crippen molar-refractivity contribution in [2.45, 2.75) is 19.3 Å². The van der Waals surface area contributed by atoms with Crippen molar-refractivity contribution in [2.24, 2.45) is 0 Å². The van der Waals surface area contributed by atoms with Crippen LogP contribution in [-0.2, 0) is 24.5 Å². The lowest BCUT2D eigenvalue weighted by Crippen LogP contribution is -2.45. The third kappa shape index (κ3) is 2.49. The van der Waals surface area contributed by atoms with Crippen molar-refractivity contribution in [3.63, 3.8) is 0 Å². The quantitative estimate of drug-likeness (QED) is 0.599. The van der Waals surface area contributed by atoms with Crippen LogP contribution in [0.15, 0.2) is 22.7 Å². The van der Waals surface area contributed by atoms with Crippen molar-refractivity contribution < 1.29 is 19.1 Å². The van der Waals surface area contributed by atoms with Gasteiger partial charge in [-0.15, -0.1) is 0 Å². The second-order valence-corrected chi connectivity index (χ2v) is 5.71. The highest BCUT2D eigenvalue weighted by Crippen LogP contribution is 2.47. The van der Waals surface area contributed by atoms with Crippen LogP contribution in [-0.4, -0.2) is 25.2 Å². The van der Waals surface area contributed by atoms with E-state index in [0.29, 0.717) is 20.6 Å². The van der Waals surface area contributed by atoms with Gasteiger partial charge in [0, 0.05) is 9.51 Å². The number of carbonyl (C=O) groups excluding carboxylic acids is 2. The van der Waals surface area contributed by atoms with Crippen LogP contribution in [0.25, 0.3) is 6.08 Å². The molecule has 0 atom stereocenters. The summed E-state index contributed by atoms with van der Waals surface area (Å²) in [6.45, 7) is 3.71. The fourth-order valence-corrected chi connectivity index (χ4v) is 3.31. The molecule has 0 N–H and O–H groups in total. The molecule has 1 aliphatic rings. The van der Waals surface area contributed by atoms with E-state index in [2.05, 4.69) is 15.9 Å². The highest BCUT2D eigenvalue weighted by Gasteiger charge is 2.56. The maximum absolute atomic E-state index is 12.5. The minimum absolute atomic E-state index is 0.170. The fourth-order valence-electron chi connectivity index (χ4n) is 2.34. The third-order valence-corrected chi connectivity index (χ3v) is 4.28. The van der Waals surface area contributed by atoms with Crippen molar-refractivity contribution in [1.82, 2.24) is 0 Å². The Morgan fingerprint density at radius 2 is 1.76 bits per heavy atom. The Morgan fingerprint density at radius 1 is 1.19 bits per heavy atom. The molecule has 0 amide bonds. The molecule has 0 heterocycles. The predicted octanol–water partition coefficient (Wildman–Crippen LogP) is 3.45. The van der Waals surface area contributed by atoms with Crippen LogP contribution < -0.4 is 0 Å². The molecule has 1 aliphatic carbocycles. The molecule has 0 fully saturated rings. The van der Waals surface area contributed by atoms with Crippen LogP contribution in [0.3, 0.4) is 0 Å². The van der Waals surface area contributed by atoms with E-state index < -0.39 is 17.4 Å². The number of hydrogen-bond acceptors (Lipinski definition) is 4. The predicted molar refractivity (Wildman–Crippen MR) is 83.3 cm³/mol. The minimum Gasteiger partial charge on any atom is -0.465 e. The second kappa shape index (κ2) is 6.20. The van der Waals surface area contributed by atoms with Crippen LogP contribution in [0, 0.1) is 0 Å². The number of fused-ring (bicyclic) bond motifs is 1. The van der Waals surface area contributed by atoms with Crippen molar-refractivity contribution >= 4 is 45.5 Å². The van der Waals surface area contributed by atoms with Crippen LogP contribution >= 0.6 is 27.5 Å². The average molecular weight is 374 g/mol. The van der Waals surface area contributed by atoms with Gasteiger partial charge in [-0.1, -0.05) is 33.6 Å². The van der Waals surface area contributed by atoms with Crippen molar-refractivity contribution in [1.29, 1.82) is 0 Å². The molecule has 0 aromatic heterocycles. The summed E-state index contributed by atoms with van der Waals surface area (Å²) >= 11 is 9.29. The van der Waals surface area contributed by atoms with E-state index in [1.165, 1.54) is 0 Å². The molecular formula is C15H14BrClO4. The second-order valence-electron chi connectivity index (χ2n) is 4.41. The van der Waals surface area contributed by atoms with Gasteiger partial charge < -0.3 is 9.47 Å². The van der Waals surface area contributed by atoms with Gasteiger partial charge in [-0.2, -0.15) is 0 Å². The van der Waals surface area contributed by atoms with Gasteiger partial charge in [-0.3, -0.25) is 9.59 Å². The number of halogens is 2. The normalized spacial score (nSPS) is 15.1. The summed E-state index contributed by atoms with van der Waals surface area (Å²) in [4.78, 5) is 25.0. The topological polar surface area (TPSA) is 52.6 Å². The summed E-state index contributed by atoms with van der Waals surface area (Å²) in [5, 5.41) is 0.522. The van der Waals surface area contributed by atoms with E-state index in [9.17, 15) is 9.59 Å². The number of ether oxygens (including phenoxy) is 2. The first-order chi connectivity index (χ1) is 9.98. The molecule has 2 rings (SSSR count). The molecule has 0 radical (unpaired) electrons. The smallest absolute Gasteiger partial charge is 0.333 e. The molecule has 1 aromatic carbocycles. The SMILES string of the molecule is CCOC(=O)C1(C(=O)OCC)C(Br)=Cc2cc(Cl)ccc21. The van der Waals surface area contributed by atoms with Gasteiger partial charge in [0.15, 0.2) is 0 Å². The van der Waals surface area contributed by atoms with Crippen LogP contribution in [0.1, 0.15) is 25.0 Å². The molecule has 0 unspecified atom stereocenters. The van der Waals surface area contributed by atoms with E-state index in [1.54, 1.807) is 38.1 Å². The van der Waals surface area contributed by atoms with Gasteiger partial charge in [0.1, 0.15) is 0 Å². The Labute approximate surface area is 136 Å². The van der Waals surface area contributed by atoms with Gasteiger partial charge in [0.25, 0.3) is 0 Å². The summed E-state index contributed by atoms with van der Waals surface area (Å²) in [5.74, 6) is -1.32. The van der Waals surface area contributed by atoms with Crippen molar-refractivity contribution in [2.75, 3.05) is 13.2 Å². The van der Waals surface area contributed by atoms with Crippen LogP contribution in [0.4, 0.5) is 0 Å². The first-order valence-electron chi connectivity index (χ1n) is 6.50. The number of esters is 2. The lowest BCUT2D eigenvalue weighted by atomic mass is 9.82. The fraction of sp³-hybridized carbons (Fsp3) is 0.333. The first-order valence-corrected chi connectivity index (χ1v) is 7.67. The Hall–Kier alpha value is -1.33. The zero-order valence-corrected chi connectivity index (χ0v) is 14.0. The number of rotatable bonds is 4. The van der Waals surface area contributed by atoms with E-state index >= 15 is 0 Å². The molecular weight excluding hydrogens is 360 g/mol. The average Bonchev–Trinajstić information content (AvgIpc) is 2.71. The Kier molecular flexibility index (Phi) is 4.74. The lowest BCUT2D eigenvalue weighted by molar-refractivity contribution is -0.161. The molecule has 0 saturated heterocycles. The number of hydrogen-bond donors (Lipinski definition) is 0. The van der Waals surface area contributed by atoms with Gasteiger partial charge in [0.2, 0.25) is 5.41 Å². The largest absolute Gasteiger partial charge is 0.465 e. The molecule has 1 aromatic rings. The minimum atomic E-state index is -1.61. The zero-order valence-electron chi connectivity index (χ0n) is 11.6. The lowest BCUT2D eigenvalue weighted by Gasteiger charge is -2.26. The highest BCUT2D eigenvalue weighted by molar-refractivity contribution is 9.12. The molecule has 6 heteroatoms. The first kappa shape index (κ1) is 16.0. The number of carbonyl (C=O) groups is 2. The van der Waals surface area contributed by atoms with Crippen molar-refractivity contribution in [3.8, 4) is 0 Å². The Morgan fingerprint density at radius 3 is 2.29 bits per heavy atom. The Balaban J connectivity index is 2.64. The maximum atomic E-state index is 12.5. The standard InChI is InChI=1S/C15H14BrClO4/c1-3-20-13(18)15(14(19)21-4-2)11-6-5-10(17)7-9(11)8-12(15)16/h5-8H,3-4H2,1-2H3. The molecule has 0 saturated carbocycles. The van der Waals surface area contributed by atoms with Crippen molar-refractivity contribution in [3.05, 3.63) is 38.8 Å². The van der Waals surface area contributed by atoms with Crippen LogP contribution in [0.5, 0.6) is 0 Å². The highest BCUT2D eigenvalue weighted by atomic mass is 79.9. The molecule has 4 nitrogen and oxygen atoms in total. The summed E-state index contributed by atoms with van der Waals surface area (Å²) in [6, 6.07) is 4.97. The van der Waals surface area contributed by atoms with Gasteiger partial charge in [0.05, 0.1) is 13.2 Å². The van der Waals surface area contributed by atoms with Gasteiger partial charge in [-0.05, 0) is 43.2 Å². The maximum Gasteiger partial charge on any atom is 0.333 e. The molecule has 0 aliphatic heterocycles. The molecule has 0 bridgehead atoms. The van der Waals surface area contributed by atoms with Gasteiger partial charge >= 0.3 is 11.9 Å². The van der Waals surface area contributed by atoms with E-state index in [4.69, 9.17) is 21.1 Å². The number of benzene rings is 1. The van der Waals surface area contributed by atoms with E-state index in [0.717, 1.165) is 0 Å². The monoisotopic (exact) mass is 372 g/mol. The summed E-state index contributed by atoms with van der Waals surface area (Å²) < 4.78 is 10.6. The molecule has 0 spiro atoms. The summed E-state index contributed by atoms with van der Waals surface area (Å²) in [7, 11) is 0. The summed E-state index contributed by atoms with van der Waals surface area (Å²) in [6.07, 6.45) is 1.69. The molecule has 21 heavy (non-hydrogen) atoms. The van der Waals surface area contributed by atoms with Crippen LogP contribution in [0.2, 0.25) is 5.02 Å².